The summed E-state index contributed by atoms with van der Waals surface area (Å²) in [6.07, 6.45) is 0. The number of para-hydroxylation sites is 2. The molecule has 2 heterocycles. The zero-order valence-electron chi connectivity index (χ0n) is 23.0. The number of hydrogen-bond acceptors (Lipinski definition) is 0. The van der Waals surface area contributed by atoms with Crippen LogP contribution in [0.25, 0.3) is 60.4 Å². The van der Waals surface area contributed by atoms with Crippen molar-refractivity contribution in [3.63, 3.8) is 0 Å². The maximum Gasteiger partial charge on any atom is 0.0783 e. The first-order valence-electron chi connectivity index (χ1n) is 13.5. The molecular weight excluding hydrogens is 388 g/mol. The molecule has 0 fully saturated rings. The zero-order chi connectivity index (χ0) is 26.3. The smallest absolute Gasteiger partial charge is 0.0783 e. The Balaban J connectivity index is 1.73. The molecule has 0 aliphatic heterocycles. The van der Waals surface area contributed by atoms with Gasteiger partial charge >= 0.3 is 0 Å². The molecule has 0 radical (unpaired) electrons. The average Bonchev–Trinajstić information content (AvgIpc) is 3.45. The van der Waals surface area contributed by atoms with E-state index in [0.29, 0.717) is 43.6 Å². The number of benzene rings is 5. The Hall–Kier alpha value is -4.30. The van der Waals surface area contributed by atoms with Crippen molar-refractivity contribution in [2.24, 2.45) is 0 Å². The summed E-state index contributed by atoms with van der Waals surface area (Å²) in [5.41, 5.74) is 5.05. The van der Waals surface area contributed by atoms with Gasteiger partial charge in [-0.25, -0.2) is 0 Å². The minimum atomic E-state index is -0.0113. The van der Waals surface area contributed by atoms with E-state index in [9.17, 15) is 0 Å². The SMILES string of the molecule is [2H]c1cc([2H])c2[nH]c3c(c([2H])c([2H])c4c5cc([2H])cc([2H])c5n(-c5cccc(-c6ccccc6)c5)c34)c2c1. The van der Waals surface area contributed by atoms with Gasteiger partial charge in [0.2, 0.25) is 0 Å². The molecule has 0 bridgehead atoms. The molecule has 1 N–H and O–H groups in total. The fourth-order valence-corrected chi connectivity index (χ4v) is 4.63. The summed E-state index contributed by atoms with van der Waals surface area (Å²) in [5.74, 6) is 0. The van der Waals surface area contributed by atoms with Crippen molar-refractivity contribution in [2.45, 2.75) is 0 Å². The lowest BCUT2D eigenvalue weighted by molar-refractivity contribution is 1.18. The molecule has 0 unspecified atom stereocenters. The van der Waals surface area contributed by atoms with Crippen molar-refractivity contribution in [1.29, 1.82) is 0 Å². The van der Waals surface area contributed by atoms with Gasteiger partial charge in [-0.1, -0.05) is 90.9 Å². The van der Waals surface area contributed by atoms with E-state index >= 15 is 0 Å². The highest BCUT2D eigenvalue weighted by Crippen LogP contribution is 2.39. The van der Waals surface area contributed by atoms with E-state index in [1.54, 1.807) is 12.1 Å². The lowest BCUT2D eigenvalue weighted by Gasteiger charge is -2.11. The maximum absolute atomic E-state index is 9.04. The molecule has 0 saturated heterocycles. The molecule has 0 spiro atoms. The highest BCUT2D eigenvalue weighted by atomic mass is 15.0. The van der Waals surface area contributed by atoms with Crippen molar-refractivity contribution in [3.05, 3.63) is 115 Å². The van der Waals surface area contributed by atoms with Crippen LogP contribution in [0.15, 0.2) is 115 Å². The standard InChI is InChI=1S/C30H20N2/c1-2-9-20(10-3-1)21-11-8-12-22(19-21)32-28-16-7-5-14-24(28)26-18-17-25-23-13-4-6-15-27(23)31-29(25)30(26)32/h1-19,31H/i4D,5D,15D,16D,17D,18D. The van der Waals surface area contributed by atoms with E-state index in [2.05, 4.69) is 4.98 Å². The Bertz CT molecular complexity index is 2090. The summed E-state index contributed by atoms with van der Waals surface area (Å²) in [7, 11) is 0. The highest BCUT2D eigenvalue weighted by Gasteiger charge is 2.17. The van der Waals surface area contributed by atoms with Gasteiger partial charge in [0.05, 0.1) is 24.8 Å². The summed E-state index contributed by atoms with van der Waals surface area (Å²) in [6.45, 7) is 0. The summed E-state index contributed by atoms with van der Waals surface area (Å²) >= 11 is 0. The second-order valence-corrected chi connectivity index (χ2v) is 7.85. The lowest BCUT2D eigenvalue weighted by Crippen LogP contribution is -1.95. The van der Waals surface area contributed by atoms with Crippen LogP contribution in [0.4, 0.5) is 0 Å². The fraction of sp³-hybridized carbons (Fsp3) is 0. The van der Waals surface area contributed by atoms with Gasteiger partial charge in [-0.05, 0) is 35.3 Å². The molecule has 32 heavy (non-hydrogen) atoms. The fourth-order valence-electron chi connectivity index (χ4n) is 4.63. The number of aromatic amines is 1. The third-order valence-electron chi connectivity index (χ3n) is 6.06. The molecule has 2 nitrogen and oxygen atoms in total. The molecule has 0 saturated carbocycles. The maximum atomic E-state index is 9.04. The van der Waals surface area contributed by atoms with Crippen molar-refractivity contribution in [2.75, 3.05) is 0 Å². The van der Waals surface area contributed by atoms with Crippen LogP contribution in [0.5, 0.6) is 0 Å². The van der Waals surface area contributed by atoms with Crippen LogP contribution in [0.2, 0.25) is 0 Å². The molecule has 2 heteroatoms. The minimum Gasteiger partial charge on any atom is -0.353 e. The van der Waals surface area contributed by atoms with Gasteiger partial charge < -0.3 is 9.55 Å². The zero-order valence-corrected chi connectivity index (χ0v) is 17.0. The Morgan fingerprint density at radius 1 is 0.625 bits per heavy atom. The number of aromatic nitrogens is 2. The Kier molecular flexibility index (Phi) is 2.58. The Morgan fingerprint density at radius 3 is 2.31 bits per heavy atom. The van der Waals surface area contributed by atoms with Crippen LogP contribution in [-0.2, 0) is 0 Å². The van der Waals surface area contributed by atoms with Crippen LogP contribution >= 0.6 is 0 Å². The van der Waals surface area contributed by atoms with Gasteiger partial charge in [-0.2, -0.15) is 0 Å². The third kappa shape index (κ3) is 2.41. The van der Waals surface area contributed by atoms with Gasteiger partial charge in [0, 0.05) is 32.7 Å². The number of nitrogens with one attached hydrogen (secondary N) is 1. The van der Waals surface area contributed by atoms with Crippen molar-refractivity contribution < 1.29 is 8.22 Å². The quantitative estimate of drug-likeness (QED) is 0.295. The molecule has 0 aliphatic carbocycles. The number of nitrogens with zero attached hydrogens (tertiary/aromatic N) is 1. The Morgan fingerprint density at radius 2 is 1.41 bits per heavy atom. The lowest BCUT2D eigenvalue weighted by atomic mass is 10.1. The monoisotopic (exact) mass is 414 g/mol. The topological polar surface area (TPSA) is 20.7 Å². The number of rotatable bonds is 2. The molecule has 0 aliphatic rings. The van der Waals surface area contributed by atoms with Crippen molar-refractivity contribution in [3.8, 4) is 16.8 Å². The third-order valence-corrected chi connectivity index (χ3v) is 6.06. The Labute approximate surface area is 193 Å². The number of hydrogen-bond donors (Lipinski definition) is 1. The molecule has 7 aromatic rings. The van der Waals surface area contributed by atoms with Gasteiger partial charge in [0.25, 0.3) is 0 Å². The molecule has 0 amide bonds. The first-order valence-corrected chi connectivity index (χ1v) is 10.5. The van der Waals surface area contributed by atoms with Crippen molar-refractivity contribution in [1.82, 2.24) is 9.55 Å². The summed E-state index contributed by atoms with van der Waals surface area (Å²) in [5, 5.41) is 2.07. The molecule has 0 atom stereocenters. The van der Waals surface area contributed by atoms with E-state index < -0.39 is 0 Å². The van der Waals surface area contributed by atoms with E-state index in [1.165, 1.54) is 12.1 Å². The second-order valence-electron chi connectivity index (χ2n) is 7.85. The van der Waals surface area contributed by atoms with Crippen LogP contribution < -0.4 is 0 Å². The van der Waals surface area contributed by atoms with Gasteiger partial charge in [0.1, 0.15) is 0 Å². The van der Waals surface area contributed by atoms with Gasteiger partial charge in [-0.15, -0.1) is 0 Å². The largest absolute Gasteiger partial charge is 0.353 e. The van der Waals surface area contributed by atoms with Gasteiger partial charge in [0.15, 0.2) is 0 Å². The predicted molar refractivity (Wildman–Crippen MR) is 136 cm³/mol. The summed E-state index contributed by atoms with van der Waals surface area (Å²) < 4.78 is 53.6. The number of H-pyrrole nitrogens is 1. The van der Waals surface area contributed by atoms with E-state index in [0.717, 1.165) is 16.8 Å². The van der Waals surface area contributed by atoms with Crippen molar-refractivity contribution >= 4 is 43.6 Å². The second kappa shape index (κ2) is 6.60. The minimum absolute atomic E-state index is 0.0109. The molecule has 5 aromatic carbocycles. The van der Waals surface area contributed by atoms with E-state index in [1.807, 2.05) is 59.2 Å². The van der Waals surface area contributed by atoms with E-state index in [-0.39, 0.29) is 36.3 Å². The van der Waals surface area contributed by atoms with Crippen LogP contribution in [0, 0.1) is 0 Å². The van der Waals surface area contributed by atoms with Crippen LogP contribution in [0.1, 0.15) is 8.22 Å². The van der Waals surface area contributed by atoms with E-state index in [4.69, 9.17) is 8.22 Å². The summed E-state index contributed by atoms with van der Waals surface area (Å²) in [4.78, 5) is 3.33. The first-order chi connectivity index (χ1) is 18.3. The molecular formula is C30H20N2. The molecule has 7 rings (SSSR count). The van der Waals surface area contributed by atoms with Crippen LogP contribution in [0.3, 0.4) is 0 Å². The number of fused-ring (bicyclic) bond motifs is 7. The predicted octanol–water partition coefficient (Wildman–Crippen LogP) is 8.09. The van der Waals surface area contributed by atoms with Gasteiger partial charge in [-0.3, -0.25) is 0 Å². The summed E-state index contributed by atoms with van der Waals surface area (Å²) in [6, 6.07) is 24.8. The normalized spacial score (nSPS) is 14.4. The average molecular weight is 415 g/mol. The highest BCUT2D eigenvalue weighted by molar-refractivity contribution is 6.22. The molecule has 150 valence electrons. The first kappa shape index (κ1) is 12.5. The molecule has 2 aromatic heterocycles. The van der Waals surface area contributed by atoms with Crippen LogP contribution in [-0.4, -0.2) is 9.55 Å².